The summed E-state index contributed by atoms with van der Waals surface area (Å²) in [7, 11) is 0. The van der Waals surface area contributed by atoms with Gasteiger partial charge in [0.25, 0.3) is 5.91 Å². The van der Waals surface area contributed by atoms with Crippen molar-refractivity contribution in [3.05, 3.63) is 42.9 Å². The average Bonchev–Trinajstić information content (AvgIpc) is 2.61. The Kier molecular flexibility index (Phi) is 3.81. The number of aromatic nitrogens is 4. The monoisotopic (exact) mass is 327 g/mol. The molecule has 1 unspecified atom stereocenters. The fraction of sp³-hybridized carbons (Fsp3) is 0.438. The lowest BCUT2D eigenvalue weighted by molar-refractivity contribution is -0.174. The molecule has 1 amide bonds. The standard InChI is InChI=1S/C16H17N5O3/c22-15(13-8-17-2-4-19-13)21-10-16(11-21)7-12(1-6-23-16)24-14-9-18-3-5-20-14/h2-5,8-9,12H,1,6-7,10-11H2. The van der Waals surface area contributed by atoms with Crippen LogP contribution in [0.25, 0.3) is 0 Å². The van der Waals surface area contributed by atoms with Crippen LogP contribution in [-0.4, -0.2) is 62.1 Å². The van der Waals surface area contributed by atoms with Crippen molar-refractivity contribution in [3.63, 3.8) is 0 Å². The van der Waals surface area contributed by atoms with Crippen LogP contribution in [0.15, 0.2) is 37.2 Å². The molecule has 2 fully saturated rings. The molecule has 2 aliphatic rings. The van der Waals surface area contributed by atoms with E-state index >= 15 is 0 Å². The van der Waals surface area contributed by atoms with Crippen LogP contribution in [0, 0.1) is 0 Å². The minimum Gasteiger partial charge on any atom is -0.473 e. The maximum atomic E-state index is 12.3. The van der Waals surface area contributed by atoms with Crippen LogP contribution in [-0.2, 0) is 4.74 Å². The first-order valence-corrected chi connectivity index (χ1v) is 7.86. The summed E-state index contributed by atoms with van der Waals surface area (Å²) in [4.78, 5) is 30.2. The summed E-state index contributed by atoms with van der Waals surface area (Å²) in [6.45, 7) is 1.70. The van der Waals surface area contributed by atoms with Crippen LogP contribution in [0.4, 0.5) is 0 Å². The Labute approximate surface area is 138 Å². The SMILES string of the molecule is O=C(c1cnccn1)N1CC2(CC(Oc3cnccn3)CCO2)C1. The van der Waals surface area contributed by atoms with Gasteiger partial charge in [0.2, 0.25) is 5.88 Å². The first kappa shape index (κ1) is 14.9. The van der Waals surface area contributed by atoms with Crippen LogP contribution in [0.2, 0.25) is 0 Å². The Balaban J connectivity index is 1.36. The molecule has 24 heavy (non-hydrogen) atoms. The van der Waals surface area contributed by atoms with Crippen molar-refractivity contribution in [2.45, 2.75) is 24.5 Å². The van der Waals surface area contributed by atoms with E-state index in [0.29, 0.717) is 31.3 Å². The smallest absolute Gasteiger partial charge is 0.274 e. The molecule has 2 saturated heterocycles. The van der Waals surface area contributed by atoms with Crippen molar-refractivity contribution >= 4 is 5.91 Å². The molecular formula is C16H17N5O3. The van der Waals surface area contributed by atoms with Gasteiger partial charge in [-0.2, -0.15) is 0 Å². The number of likely N-dealkylation sites (tertiary alicyclic amines) is 1. The maximum absolute atomic E-state index is 12.3. The molecule has 1 atom stereocenters. The van der Waals surface area contributed by atoms with Crippen LogP contribution in [0.5, 0.6) is 5.88 Å². The van der Waals surface area contributed by atoms with Crippen LogP contribution >= 0.6 is 0 Å². The van der Waals surface area contributed by atoms with Crippen molar-refractivity contribution in [2.24, 2.45) is 0 Å². The highest BCUT2D eigenvalue weighted by molar-refractivity contribution is 5.92. The summed E-state index contributed by atoms with van der Waals surface area (Å²) in [6, 6.07) is 0. The maximum Gasteiger partial charge on any atom is 0.274 e. The fourth-order valence-electron chi connectivity index (χ4n) is 3.19. The summed E-state index contributed by atoms with van der Waals surface area (Å²) < 4.78 is 11.8. The lowest BCUT2D eigenvalue weighted by Crippen LogP contribution is -2.67. The van der Waals surface area contributed by atoms with Crippen LogP contribution in [0.3, 0.4) is 0 Å². The van der Waals surface area contributed by atoms with Crippen LogP contribution < -0.4 is 4.74 Å². The number of hydrogen-bond acceptors (Lipinski definition) is 7. The van der Waals surface area contributed by atoms with E-state index in [9.17, 15) is 4.79 Å². The fourth-order valence-corrected chi connectivity index (χ4v) is 3.19. The minimum absolute atomic E-state index is 0.0178. The molecule has 1 spiro atoms. The Morgan fingerprint density at radius 1 is 1.17 bits per heavy atom. The zero-order valence-electron chi connectivity index (χ0n) is 13.0. The van der Waals surface area contributed by atoms with E-state index in [0.717, 1.165) is 12.8 Å². The van der Waals surface area contributed by atoms with E-state index in [1.807, 2.05) is 0 Å². The zero-order valence-corrected chi connectivity index (χ0v) is 13.0. The van der Waals surface area contributed by atoms with Gasteiger partial charge in [0, 0.05) is 37.6 Å². The third-order valence-electron chi connectivity index (χ3n) is 4.30. The highest BCUT2D eigenvalue weighted by Gasteiger charge is 2.50. The van der Waals surface area contributed by atoms with Gasteiger partial charge in [-0.05, 0) is 0 Å². The molecule has 8 nitrogen and oxygen atoms in total. The number of ether oxygens (including phenoxy) is 2. The summed E-state index contributed by atoms with van der Waals surface area (Å²) >= 11 is 0. The van der Waals surface area contributed by atoms with E-state index in [2.05, 4.69) is 19.9 Å². The molecule has 4 heterocycles. The highest BCUT2D eigenvalue weighted by Crippen LogP contribution is 2.36. The van der Waals surface area contributed by atoms with Crippen molar-refractivity contribution in [1.29, 1.82) is 0 Å². The highest BCUT2D eigenvalue weighted by atomic mass is 16.5. The number of amides is 1. The van der Waals surface area contributed by atoms with Crippen molar-refractivity contribution < 1.29 is 14.3 Å². The lowest BCUT2D eigenvalue weighted by atomic mass is 9.84. The molecule has 2 aromatic rings. The van der Waals surface area contributed by atoms with E-state index in [-0.39, 0.29) is 17.6 Å². The predicted octanol–water partition coefficient (Wildman–Crippen LogP) is 0.719. The Hall–Kier alpha value is -2.61. The molecule has 0 aromatic carbocycles. The topological polar surface area (TPSA) is 90.3 Å². The summed E-state index contributed by atoms with van der Waals surface area (Å²) in [6.07, 6.45) is 10.9. The quantitative estimate of drug-likeness (QED) is 0.820. The average molecular weight is 327 g/mol. The predicted molar refractivity (Wildman–Crippen MR) is 82.3 cm³/mol. The van der Waals surface area contributed by atoms with E-state index in [4.69, 9.17) is 9.47 Å². The van der Waals surface area contributed by atoms with Gasteiger partial charge in [-0.15, -0.1) is 0 Å². The van der Waals surface area contributed by atoms with Gasteiger partial charge in [-0.25, -0.2) is 9.97 Å². The Morgan fingerprint density at radius 3 is 2.67 bits per heavy atom. The minimum atomic E-state index is -0.330. The van der Waals surface area contributed by atoms with E-state index < -0.39 is 0 Å². The molecule has 4 rings (SSSR count). The molecular weight excluding hydrogens is 310 g/mol. The normalized spacial score (nSPS) is 22.0. The number of hydrogen-bond donors (Lipinski definition) is 0. The van der Waals surface area contributed by atoms with Gasteiger partial charge in [0.05, 0.1) is 32.1 Å². The number of carbonyl (C=O) groups excluding carboxylic acids is 1. The molecule has 0 N–H and O–H groups in total. The third-order valence-corrected chi connectivity index (χ3v) is 4.30. The number of carbonyl (C=O) groups is 1. The number of rotatable bonds is 3. The van der Waals surface area contributed by atoms with Crippen molar-refractivity contribution in [1.82, 2.24) is 24.8 Å². The summed E-state index contributed by atoms with van der Waals surface area (Å²) in [5.74, 6) is 0.403. The first-order chi connectivity index (χ1) is 11.7. The summed E-state index contributed by atoms with van der Waals surface area (Å²) in [5, 5.41) is 0. The zero-order chi connectivity index (χ0) is 16.4. The molecule has 0 bridgehead atoms. The Morgan fingerprint density at radius 2 is 1.96 bits per heavy atom. The molecule has 0 aliphatic carbocycles. The second kappa shape index (κ2) is 6.12. The molecule has 124 valence electrons. The van der Waals surface area contributed by atoms with E-state index in [1.54, 1.807) is 29.7 Å². The first-order valence-electron chi connectivity index (χ1n) is 7.86. The van der Waals surface area contributed by atoms with Gasteiger partial charge in [-0.1, -0.05) is 0 Å². The molecule has 0 saturated carbocycles. The van der Waals surface area contributed by atoms with Crippen molar-refractivity contribution in [2.75, 3.05) is 19.7 Å². The second-order valence-electron chi connectivity index (χ2n) is 6.06. The van der Waals surface area contributed by atoms with Crippen LogP contribution in [0.1, 0.15) is 23.3 Å². The van der Waals surface area contributed by atoms with Gasteiger partial charge >= 0.3 is 0 Å². The van der Waals surface area contributed by atoms with Gasteiger partial charge in [0.1, 0.15) is 17.4 Å². The van der Waals surface area contributed by atoms with Gasteiger partial charge < -0.3 is 14.4 Å². The largest absolute Gasteiger partial charge is 0.473 e. The number of nitrogens with zero attached hydrogens (tertiary/aromatic N) is 5. The molecule has 2 aromatic heterocycles. The van der Waals surface area contributed by atoms with Gasteiger partial charge in [-0.3, -0.25) is 14.8 Å². The van der Waals surface area contributed by atoms with Gasteiger partial charge in [0.15, 0.2) is 0 Å². The second-order valence-corrected chi connectivity index (χ2v) is 6.06. The summed E-state index contributed by atoms with van der Waals surface area (Å²) in [5.41, 5.74) is 0.0266. The molecule has 0 radical (unpaired) electrons. The molecule has 2 aliphatic heterocycles. The molecule has 8 heteroatoms. The lowest BCUT2D eigenvalue weighted by Gasteiger charge is -2.52. The van der Waals surface area contributed by atoms with E-state index in [1.165, 1.54) is 12.4 Å². The van der Waals surface area contributed by atoms with Crippen molar-refractivity contribution in [3.8, 4) is 5.88 Å². The Bertz CT molecular complexity index is 706. The third kappa shape index (κ3) is 2.92.